The summed E-state index contributed by atoms with van der Waals surface area (Å²) in [6, 6.07) is 7.58. The highest BCUT2D eigenvalue weighted by atomic mass is 16.1. The van der Waals surface area contributed by atoms with E-state index in [1.807, 2.05) is 42.7 Å². The van der Waals surface area contributed by atoms with Crippen molar-refractivity contribution in [3.05, 3.63) is 47.5 Å². The Kier molecular flexibility index (Phi) is 4.53. The molecule has 3 N–H and O–H groups in total. The average Bonchev–Trinajstić information content (AvgIpc) is 2.77. The van der Waals surface area contributed by atoms with Gasteiger partial charge in [-0.05, 0) is 25.5 Å². The summed E-state index contributed by atoms with van der Waals surface area (Å²) in [5.41, 5.74) is 9.48. The molecule has 20 heavy (non-hydrogen) atoms. The fourth-order valence-electron chi connectivity index (χ4n) is 2.02. The van der Waals surface area contributed by atoms with Crippen LogP contribution < -0.4 is 11.1 Å². The third kappa shape index (κ3) is 3.24. The first kappa shape index (κ1) is 14.3. The Balaban J connectivity index is 1.94. The number of hydrogen-bond acceptors (Lipinski definition) is 3. The maximum absolute atomic E-state index is 12.0. The summed E-state index contributed by atoms with van der Waals surface area (Å²) in [5, 5.41) is 2.91. The normalized spacial score (nSPS) is 10.6. The van der Waals surface area contributed by atoms with Gasteiger partial charge < -0.3 is 15.6 Å². The third-order valence-corrected chi connectivity index (χ3v) is 3.44. The molecular weight excluding hydrogens is 252 g/mol. The molecule has 2 rings (SSSR count). The Bertz CT molecular complexity index is 604. The number of rotatable bonds is 5. The number of amides is 1. The maximum Gasteiger partial charge on any atom is 0.226 e. The molecule has 1 amide bonds. The van der Waals surface area contributed by atoms with Crippen molar-refractivity contribution in [3.8, 4) is 0 Å². The SMILES string of the molecule is Cc1ncn(CCC(=O)Nc2ccccc2CN)c1C. The van der Waals surface area contributed by atoms with Gasteiger partial charge in [0.05, 0.1) is 12.0 Å². The number of carbonyl (C=O) groups is 1. The zero-order chi connectivity index (χ0) is 14.5. The van der Waals surface area contributed by atoms with Gasteiger partial charge in [0.2, 0.25) is 5.91 Å². The summed E-state index contributed by atoms with van der Waals surface area (Å²) >= 11 is 0. The summed E-state index contributed by atoms with van der Waals surface area (Å²) in [4.78, 5) is 16.2. The van der Waals surface area contributed by atoms with Crippen LogP contribution >= 0.6 is 0 Å². The van der Waals surface area contributed by atoms with E-state index in [4.69, 9.17) is 5.73 Å². The molecule has 0 radical (unpaired) electrons. The van der Waals surface area contributed by atoms with Crippen molar-refractivity contribution < 1.29 is 4.79 Å². The molecule has 0 atom stereocenters. The summed E-state index contributed by atoms with van der Waals surface area (Å²) in [7, 11) is 0. The molecule has 5 heteroatoms. The zero-order valence-electron chi connectivity index (χ0n) is 11.9. The lowest BCUT2D eigenvalue weighted by Gasteiger charge is -2.10. The van der Waals surface area contributed by atoms with Crippen LogP contribution in [0.2, 0.25) is 0 Å². The smallest absolute Gasteiger partial charge is 0.226 e. The Morgan fingerprint density at radius 3 is 2.75 bits per heavy atom. The van der Waals surface area contributed by atoms with Gasteiger partial charge in [-0.2, -0.15) is 0 Å². The molecule has 0 unspecified atom stereocenters. The molecule has 0 saturated carbocycles. The molecule has 106 valence electrons. The van der Waals surface area contributed by atoms with Crippen molar-refractivity contribution in [2.24, 2.45) is 5.73 Å². The lowest BCUT2D eigenvalue weighted by atomic mass is 10.2. The molecule has 2 aromatic rings. The predicted molar refractivity (Wildman–Crippen MR) is 79.3 cm³/mol. The van der Waals surface area contributed by atoms with Crippen molar-refractivity contribution in [1.29, 1.82) is 0 Å². The van der Waals surface area contributed by atoms with Crippen molar-refractivity contribution in [1.82, 2.24) is 9.55 Å². The fraction of sp³-hybridized carbons (Fsp3) is 0.333. The molecular formula is C15H20N4O. The number of aryl methyl sites for hydroxylation is 2. The van der Waals surface area contributed by atoms with E-state index in [0.29, 0.717) is 19.5 Å². The first-order chi connectivity index (χ1) is 9.61. The summed E-state index contributed by atoms with van der Waals surface area (Å²) in [6.07, 6.45) is 2.18. The maximum atomic E-state index is 12.0. The van der Waals surface area contributed by atoms with E-state index in [9.17, 15) is 4.79 Å². The molecule has 1 aromatic heterocycles. The molecule has 0 aliphatic carbocycles. The van der Waals surface area contributed by atoms with Gasteiger partial charge in [-0.25, -0.2) is 4.98 Å². The minimum Gasteiger partial charge on any atom is -0.334 e. The van der Waals surface area contributed by atoms with Gasteiger partial charge in [0.25, 0.3) is 0 Å². The Morgan fingerprint density at radius 2 is 2.10 bits per heavy atom. The molecule has 0 spiro atoms. The second-order valence-electron chi connectivity index (χ2n) is 4.77. The van der Waals surface area contributed by atoms with Gasteiger partial charge in [0, 0.05) is 30.9 Å². The fourth-order valence-corrected chi connectivity index (χ4v) is 2.02. The van der Waals surface area contributed by atoms with Crippen LogP contribution in [-0.2, 0) is 17.9 Å². The Labute approximate surface area is 118 Å². The van der Waals surface area contributed by atoms with Crippen LogP contribution in [0.1, 0.15) is 23.4 Å². The molecule has 0 fully saturated rings. The van der Waals surface area contributed by atoms with Gasteiger partial charge >= 0.3 is 0 Å². The standard InChI is InChI=1S/C15H20N4O/c1-11-12(2)19(10-17-11)8-7-15(20)18-14-6-4-3-5-13(14)9-16/h3-6,10H,7-9,16H2,1-2H3,(H,18,20). The van der Waals surface area contributed by atoms with Crippen molar-refractivity contribution in [2.75, 3.05) is 5.32 Å². The number of benzene rings is 1. The summed E-state index contributed by atoms with van der Waals surface area (Å²) in [5.74, 6) is -0.0170. The second-order valence-corrected chi connectivity index (χ2v) is 4.77. The van der Waals surface area contributed by atoms with E-state index in [2.05, 4.69) is 10.3 Å². The first-order valence-corrected chi connectivity index (χ1v) is 6.68. The molecule has 0 aliphatic heterocycles. The van der Waals surface area contributed by atoms with Crippen molar-refractivity contribution in [3.63, 3.8) is 0 Å². The molecule has 5 nitrogen and oxygen atoms in total. The highest BCUT2D eigenvalue weighted by molar-refractivity contribution is 5.91. The van der Waals surface area contributed by atoms with E-state index >= 15 is 0 Å². The zero-order valence-corrected chi connectivity index (χ0v) is 11.9. The van der Waals surface area contributed by atoms with Crippen LogP contribution in [0.3, 0.4) is 0 Å². The highest BCUT2D eigenvalue weighted by Crippen LogP contribution is 2.14. The molecule has 0 bridgehead atoms. The van der Waals surface area contributed by atoms with E-state index in [-0.39, 0.29) is 5.91 Å². The lowest BCUT2D eigenvalue weighted by Crippen LogP contribution is -2.16. The monoisotopic (exact) mass is 272 g/mol. The van der Waals surface area contributed by atoms with E-state index in [0.717, 1.165) is 22.6 Å². The minimum absolute atomic E-state index is 0.0170. The average molecular weight is 272 g/mol. The largest absolute Gasteiger partial charge is 0.334 e. The summed E-state index contributed by atoms with van der Waals surface area (Å²) < 4.78 is 1.99. The Morgan fingerprint density at radius 1 is 1.35 bits per heavy atom. The molecule has 1 aromatic carbocycles. The number of aromatic nitrogens is 2. The Hall–Kier alpha value is -2.14. The van der Waals surface area contributed by atoms with Crippen LogP contribution in [0.5, 0.6) is 0 Å². The van der Waals surface area contributed by atoms with Crippen molar-refractivity contribution in [2.45, 2.75) is 33.4 Å². The second kappa shape index (κ2) is 6.34. The number of anilines is 1. The van der Waals surface area contributed by atoms with Crippen LogP contribution in [0.4, 0.5) is 5.69 Å². The van der Waals surface area contributed by atoms with Crippen LogP contribution in [0.15, 0.2) is 30.6 Å². The molecule has 0 aliphatic rings. The van der Waals surface area contributed by atoms with E-state index in [1.54, 1.807) is 6.33 Å². The quantitative estimate of drug-likeness (QED) is 0.874. The van der Waals surface area contributed by atoms with Crippen LogP contribution in [0, 0.1) is 13.8 Å². The lowest BCUT2D eigenvalue weighted by molar-refractivity contribution is -0.116. The highest BCUT2D eigenvalue weighted by Gasteiger charge is 2.07. The summed E-state index contributed by atoms with van der Waals surface area (Å²) in [6.45, 7) is 5.01. The van der Waals surface area contributed by atoms with Crippen LogP contribution in [0.25, 0.3) is 0 Å². The molecule has 1 heterocycles. The predicted octanol–water partition coefficient (Wildman–Crippen LogP) is 1.99. The van der Waals surface area contributed by atoms with Gasteiger partial charge in [0.15, 0.2) is 0 Å². The number of hydrogen-bond donors (Lipinski definition) is 2. The number of nitrogens with zero attached hydrogens (tertiary/aromatic N) is 2. The number of para-hydroxylation sites is 1. The van der Waals surface area contributed by atoms with Gasteiger partial charge in [-0.1, -0.05) is 18.2 Å². The number of carbonyl (C=O) groups excluding carboxylic acids is 1. The topological polar surface area (TPSA) is 72.9 Å². The number of imidazole rings is 1. The van der Waals surface area contributed by atoms with Gasteiger partial charge in [-0.3, -0.25) is 4.79 Å². The number of nitrogens with one attached hydrogen (secondary N) is 1. The molecule has 0 saturated heterocycles. The van der Waals surface area contributed by atoms with Crippen LogP contribution in [-0.4, -0.2) is 15.5 Å². The number of nitrogens with two attached hydrogens (primary N) is 1. The van der Waals surface area contributed by atoms with E-state index in [1.165, 1.54) is 0 Å². The third-order valence-electron chi connectivity index (χ3n) is 3.44. The minimum atomic E-state index is -0.0170. The van der Waals surface area contributed by atoms with Crippen molar-refractivity contribution >= 4 is 11.6 Å². The van der Waals surface area contributed by atoms with Gasteiger partial charge in [-0.15, -0.1) is 0 Å². The van der Waals surface area contributed by atoms with Gasteiger partial charge in [0.1, 0.15) is 0 Å². The first-order valence-electron chi connectivity index (χ1n) is 6.68. The van der Waals surface area contributed by atoms with E-state index < -0.39 is 0 Å².